The normalized spacial score (nSPS) is 26.3. The predicted molar refractivity (Wildman–Crippen MR) is 52.6 cm³/mol. The first-order chi connectivity index (χ1) is 6.66. The lowest BCUT2D eigenvalue weighted by Gasteiger charge is -2.09. The molecule has 2 atom stereocenters. The van der Waals surface area contributed by atoms with Gasteiger partial charge in [-0.05, 0) is 13.8 Å². The number of hydrogen-bond donors (Lipinski definition) is 1. The Hall–Kier alpha value is -1.35. The highest BCUT2D eigenvalue weighted by atomic mass is 16.6. The number of rotatable bonds is 1. The van der Waals surface area contributed by atoms with Crippen molar-refractivity contribution >= 4 is 5.97 Å². The van der Waals surface area contributed by atoms with E-state index >= 15 is 0 Å². The van der Waals surface area contributed by atoms with Crippen LogP contribution in [-0.2, 0) is 9.53 Å². The molecule has 0 radical (unpaired) electrons. The number of carbonyl (C=O) groups is 1. The van der Waals surface area contributed by atoms with Crippen LogP contribution >= 0.6 is 0 Å². The fourth-order valence-electron chi connectivity index (χ4n) is 1.45. The number of ether oxygens (including phenoxy) is 1. The second kappa shape index (κ2) is 3.42. The van der Waals surface area contributed by atoms with E-state index in [2.05, 4.69) is 5.32 Å². The molecule has 14 heavy (non-hydrogen) atoms. The third kappa shape index (κ3) is 1.63. The van der Waals surface area contributed by atoms with Crippen LogP contribution in [0.15, 0.2) is 24.3 Å². The maximum atomic E-state index is 11.1. The molecule has 0 spiro atoms. The number of cyclic esters (lactones) is 1. The first kappa shape index (κ1) is 9.21. The number of carbonyl (C=O) groups excluding carboxylic acids is 1. The van der Waals surface area contributed by atoms with E-state index in [1.54, 1.807) is 6.92 Å². The van der Waals surface area contributed by atoms with Gasteiger partial charge in [-0.1, -0.05) is 29.8 Å². The predicted octanol–water partition coefficient (Wildman–Crippen LogP) is 1.53. The summed E-state index contributed by atoms with van der Waals surface area (Å²) in [6.45, 7) is 3.83. The van der Waals surface area contributed by atoms with Gasteiger partial charge in [-0.25, -0.2) is 0 Å². The molecule has 3 heteroatoms. The Labute approximate surface area is 83.1 Å². The largest absolute Gasteiger partial charge is 0.441 e. The minimum absolute atomic E-state index is 0.185. The number of aryl methyl sites for hydroxylation is 1. The van der Waals surface area contributed by atoms with Crippen LogP contribution in [0.4, 0.5) is 0 Å². The van der Waals surface area contributed by atoms with Crippen molar-refractivity contribution in [2.24, 2.45) is 0 Å². The number of nitrogens with one attached hydrogen (secondary N) is 1. The van der Waals surface area contributed by atoms with Gasteiger partial charge in [-0.3, -0.25) is 10.1 Å². The van der Waals surface area contributed by atoms with Gasteiger partial charge in [0.05, 0.1) is 0 Å². The maximum Gasteiger partial charge on any atom is 0.324 e. The summed E-state index contributed by atoms with van der Waals surface area (Å²) in [5, 5.41) is 3.07. The number of esters is 1. The molecule has 1 heterocycles. The fraction of sp³-hybridized carbons (Fsp3) is 0.364. The summed E-state index contributed by atoms with van der Waals surface area (Å²) in [6, 6.07) is 7.75. The molecular formula is C11H13NO2. The fourth-order valence-corrected chi connectivity index (χ4v) is 1.45. The van der Waals surface area contributed by atoms with E-state index in [0.29, 0.717) is 0 Å². The molecule has 1 aliphatic rings. The van der Waals surface area contributed by atoms with Gasteiger partial charge in [0.15, 0.2) is 6.23 Å². The highest BCUT2D eigenvalue weighted by molar-refractivity contribution is 5.77. The van der Waals surface area contributed by atoms with E-state index in [0.717, 1.165) is 5.56 Å². The van der Waals surface area contributed by atoms with Crippen LogP contribution in [0.25, 0.3) is 0 Å². The topological polar surface area (TPSA) is 38.3 Å². The maximum absolute atomic E-state index is 11.1. The molecule has 2 rings (SSSR count). The Balaban J connectivity index is 2.17. The van der Waals surface area contributed by atoms with E-state index in [4.69, 9.17) is 4.74 Å². The standard InChI is InChI=1S/C11H13NO2/c1-7-3-5-9(6-4-7)10-12-8(2)11(13)14-10/h3-6,8,10,12H,1-2H3. The van der Waals surface area contributed by atoms with Gasteiger partial charge in [0.25, 0.3) is 0 Å². The monoisotopic (exact) mass is 191 g/mol. The Morgan fingerprint density at radius 1 is 1.29 bits per heavy atom. The second-order valence-corrected chi connectivity index (χ2v) is 3.62. The van der Waals surface area contributed by atoms with E-state index in [1.807, 2.05) is 31.2 Å². The summed E-state index contributed by atoms with van der Waals surface area (Å²) in [7, 11) is 0. The van der Waals surface area contributed by atoms with Crippen LogP contribution < -0.4 is 5.32 Å². The van der Waals surface area contributed by atoms with Crippen molar-refractivity contribution in [1.82, 2.24) is 5.32 Å². The molecule has 1 saturated heterocycles. The molecule has 3 nitrogen and oxygen atoms in total. The second-order valence-electron chi connectivity index (χ2n) is 3.62. The lowest BCUT2D eigenvalue weighted by atomic mass is 10.1. The minimum Gasteiger partial charge on any atom is -0.441 e. The Kier molecular flexibility index (Phi) is 2.25. The van der Waals surface area contributed by atoms with Crippen molar-refractivity contribution in [1.29, 1.82) is 0 Å². The molecule has 1 N–H and O–H groups in total. The molecule has 0 saturated carbocycles. The van der Waals surface area contributed by atoms with Crippen molar-refractivity contribution in [2.75, 3.05) is 0 Å². The zero-order valence-corrected chi connectivity index (χ0v) is 8.28. The van der Waals surface area contributed by atoms with Gasteiger partial charge < -0.3 is 4.74 Å². The molecule has 0 aromatic heterocycles. The van der Waals surface area contributed by atoms with Gasteiger partial charge in [-0.2, -0.15) is 0 Å². The molecule has 0 aliphatic carbocycles. The molecule has 0 amide bonds. The number of hydrogen-bond acceptors (Lipinski definition) is 3. The Bertz CT molecular complexity index is 345. The zero-order chi connectivity index (χ0) is 10.1. The van der Waals surface area contributed by atoms with Crippen LogP contribution in [0.5, 0.6) is 0 Å². The lowest BCUT2D eigenvalue weighted by Crippen LogP contribution is -2.24. The minimum atomic E-state index is -0.280. The molecule has 0 bridgehead atoms. The molecule has 1 aromatic carbocycles. The molecule has 1 aromatic rings. The summed E-state index contributed by atoms with van der Waals surface area (Å²) < 4.78 is 5.15. The third-order valence-corrected chi connectivity index (χ3v) is 2.37. The molecule has 74 valence electrons. The van der Waals surface area contributed by atoms with Crippen molar-refractivity contribution in [3.63, 3.8) is 0 Å². The average molecular weight is 191 g/mol. The van der Waals surface area contributed by atoms with Gasteiger partial charge in [0, 0.05) is 5.56 Å². The molecule has 1 aliphatic heterocycles. The summed E-state index contributed by atoms with van der Waals surface area (Å²) in [6.07, 6.45) is -0.280. The van der Waals surface area contributed by atoms with Crippen LogP contribution in [0.3, 0.4) is 0 Å². The van der Waals surface area contributed by atoms with Crippen LogP contribution in [0.1, 0.15) is 24.3 Å². The summed E-state index contributed by atoms with van der Waals surface area (Å²) in [4.78, 5) is 11.1. The Morgan fingerprint density at radius 2 is 1.93 bits per heavy atom. The Morgan fingerprint density at radius 3 is 2.43 bits per heavy atom. The average Bonchev–Trinajstić information content (AvgIpc) is 2.48. The van der Waals surface area contributed by atoms with Gasteiger partial charge in [0.2, 0.25) is 0 Å². The first-order valence-electron chi connectivity index (χ1n) is 4.70. The van der Waals surface area contributed by atoms with Crippen LogP contribution in [-0.4, -0.2) is 12.0 Å². The molecular weight excluding hydrogens is 178 g/mol. The summed E-state index contributed by atoms with van der Waals surface area (Å²) in [5.41, 5.74) is 2.19. The first-order valence-corrected chi connectivity index (χ1v) is 4.70. The highest BCUT2D eigenvalue weighted by Crippen LogP contribution is 2.21. The van der Waals surface area contributed by atoms with Crippen molar-refractivity contribution in [2.45, 2.75) is 26.1 Å². The van der Waals surface area contributed by atoms with Gasteiger partial charge in [0.1, 0.15) is 6.04 Å². The van der Waals surface area contributed by atoms with E-state index < -0.39 is 0 Å². The summed E-state index contributed by atoms with van der Waals surface area (Å²) in [5.74, 6) is -0.185. The quantitative estimate of drug-likeness (QED) is 0.684. The van der Waals surface area contributed by atoms with Crippen molar-refractivity contribution in [3.05, 3.63) is 35.4 Å². The van der Waals surface area contributed by atoms with E-state index in [1.165, 1.54) is 5.56 Å². The SMILES string of the molecule is Cc1ccc(C2NC(C)C(=O)O2)cc1. The number of benzene rings is 1. The van der Waals surface area contributed by atoms with Gasteiger partial charge >= 0.3 is 5.97 Å². The zero-order valence-electron chi connectivity index (χ0n) is 8.28. The molecule has 2 unspecified atom stereocenters. The van der Waals surface area contributed by atoms with Crippen LogP contribution in [0, 0.1) is 6.92 Å². The van der Waals surface area contributed by atoms with Crippen LogP contribution in [0.2, 0.25) is 0 Å². The smallest absolute Gasteiger partial charge is 0.324 e. The van der Waals surface area contributed by atoms with Crippen molar-refractivity contribution in [3.8, 4) is 0 Å². The van der Waals surface area contributed by atoms with E-state index in [-0.39, 0.29) is 18.2 Å². The highest BCUT2D eigenvalue weighted by Gasteiger charge is 2.30. The van der Waals surface area contributed by atoms with E-state index in [9.17, 15) is 4.79 Å². The van der Waals surface area contributed by atoms with Crippen molar-refractivity contribution < 1.29 is 9.53 Å². The van der Waals surface area contributed by atoms with Gasteiger partial charge in [-0.15, -0.1) is 0 Å². The summed E-state index contributed by atoms with van der Waals surface area (Å²) >= 11 is 0. The molecule has 1 fully saturated rings. The third-order valence-electron chi connectivity index (χ3n) is 2.37. The lowest BCUT2D eigenvalue weighted by molar-refractivity contribution is -0.142.